The Bertz CT molecular complexity index is 573. The van der Waals surface area contributed by atoms with Gasteiger partial charge in [0, 0.05) is 25.7 Å². The highest BCUT2D eigenvalue weighted by Gasteiger charge is 2.31. The van der Waals surface area contributed by atoms with E-state index in [2.05, 4.69) is 4.90 Å². The predicted molar refractivity (Wildman–Crippen MR) is 69.9 cm³/mol. The molecule has 2 rings (SSSR count). The number of rotatable bonds is 2. The van der Waals surface area contributed by atoms with Crippen LogP contribution < -0.4 is 0 Å². The maximum atomic E-state index is 12.4. The van der Waals surface area contributed by atoms with Crippen LogP contribution in [0, 0.1) is 11.3 Å². The molecule has 1 aromatic rings. The summed E-state index contributed by atoms with van der Waals surface area (Å²) in [4.78, 5) is 2.57. The van der Waals surface area contributed by atoms with Crippen LogP contribution in [0.4, 0.5) is 0 Å². The van der Waals surface area contributed by atoms with E-state index in [0.29, 0.717) is 18.0 Å². The minimum absolute atomic E-state index is 0.212. The molecule has 1 aliphatic rings. The molecule has 0 spiro atoms. The summed E-state index contributed by atoms with van der Waals surface area (Å²) in [6.45, 7) is 3.75. The van der Waals surface area contributed by atoms with Gasteiger partial charge in [0.05, 0.1) is 0 Å². The van der Waals surface area contributed by atoms with Crippen LogP contribution in [0.15, 0.2) is 16.3 Å². The maximum absolute atomic E-state index is 12.4. The van der Waals surface area contributed by atoms with E-state index in [1.807, 2.05) is 20.0 Å². The highest BCUT2D eigenvalue weighted by atomic mass is 32.2. The molecule has 0 aliphatic carbocycles. The first-order chi connectivity index (χ1) is 8.45. The van der Waals surface area contributed by atoms with Crippen molar-refractivity contribution in [3.63, 3.8) is 0 Å². The molecule has 0 amide bonds. The van der Waals surface area contributed by atoms with Crippen molar-refractivity contribution >= 4 is 21.4 Å². The average molecular weight is 285 g/mol. The number of hydrogen-bond donors (Lipinski definition) is 0. The minimum atomic E-state index is -3.43. The summed E-state index contributed by atoms with van der Waals surface area (Å²) >= 11 is 1.03. The van der Waals surface area contributed by atoms with Gasteiger partial charge in [0.15, 0.2) is 0 Å². The van der Waals surface area contributed by atoms with E-state index in [0.717, 1.165) is 17.9 Å². The van der Waals surface area contributed by atoms with Gasteiger partial charge in [-0.1, -0.05) is 0 Å². The molecule has 0 radical (unpaired) electrons. The summed E-state index contributed by atoms with van der Waals surface area (Å²) in [5.74, 6) is 0. The van der Waals surface area contributed by atoms with E-state index in [4.69, 9.17) is 5.26 Å². The molecule has 0 saturated carbocycles. The summed E-state index contributed by atoms with van der Waals surface area (Å²) in [6.07, 6.45) is 0. The number of sulfonamides is 1. The van der Waals surface area contributed by atoms with Crippen molar-refractivity contribution in [3.05, 3.63) is 17.0 Å². The molecule has 2 heterocycles. The van der Waals surface area contributed by atoms with Crippen LogP contribution >= 0.6 is 11.3 Å². The summed E-state index contributed by atoms with van der Waals surface area (Å²) < 4.78 is 26.5. The summed E-state index contributed by atoms with van der Waals surface area (Å²) in [6, 6.07) is 5.25. The third-order valence-corrected chi connectivity index (χ3v) is 6.53. The van der Waals surface area contributed by atoms with Gasteiger partial charge in [-0.2, -0.15) is 9.57 Å². The van der Waals surface area contributed by atoms with Gasteiger partial charge < -0.3 is 4.90 Å². The number of nitriles is 1. The number of thiophene rings is 1. The Morgan fingerprint density at radius 1 is 1.44 bits per heavy atom. The predicted octanol–water partition coefficient (Wildman–Crippen LogP) is 0.944. The first kappa shape index (κ1) is 13.5. The molecule has 7 heteroatoms. The molecule has 1 fully saturated rings. The van der Waals surface area contributed by atoms with Crippen LogP contribution in [0.3, 0.4) is 0 Å². The topological polar surface area (TPSA) is 64.4 Å². The molecule has 1 unspecified atom stereocenters. The van der Waals surface area contributed by atoms with Crippen molar-refractivity contribution < 1.29 is 8.42 Å². The number of nitrogens with zero attached hydrogens (tertiary/aromatic N) is 3. The van der Waals surface area contributed by atoms with Gasteiger partial charge in [-0.15, -0.1) is 11.3 Å². The van der Waals surface area contributed by atoms with Crippen molar-refractivity contribution in [1.82, 2.24) is 9.21 Å². The monoisotopic (exact) mass is 285 g/mol. The Balaban J connectivity index is 2.24. The number of likely N-dealkylation sites (N-methyl/N-ethyl adjacent to an activating group) is 1. The van der Waals surface area contributed by atoms with Crippen molar-refractivity contribution in [2.45, 2.75) is 17.2 Å². The Morgan fingerprint density at radius 3 is 2.72 bits per heavy atom. The summed E-state index contributed by atoms with van der Waals surface area (Å²) in [7, 11) is -1.44. The van der Waals surface area contributed by atoms with E-state index >= 15 is 0 Å². The largest absolute Gasteiger partial charge is 0.301 e. The molecule has 0 bridgehead atoms. The smallest absolute Gasteiger partial charge is 0.252 e. The lowest BCUT2D eigenvalue weighted by Crippen LogP contribution is -2.51. The van der Waals surface area contributed by atoms with E-state index in [1.54, 1.807) is 6.07 Å². The Morgan fingerprint density at radius 2 is 2.17 bits per heavy atom. The molecule has 1 aromatic heterocycles. The summed E-state index contributed by atoms with van der Waals surface area (Å²) in [5, 5.41) is 8.75. The molecular formula is C11H15N3O2S2. The highest BCUT2D eigenvalue weighted by molar-refractivity contribution is 7.91. The second kappa shape index (κ2) is 4.97. The SMILES string of the molecule is CC1CN(S(=O)(=O)c2ccc(C#N)s2)CCN1C. The second-order valence-corrected chi connectivity index (χ2v) is 7.67. The van der Waals surface area contributed by atoms with Crippen LogP contribution in [0.1, 0.15) is 11.8 Å². The second-order valence-electron chi connectivity index (χ2n) is 4.42. The molecular weight excluding hydrogens is 270 g/mol. The lowest BCUT2D eigenvalue weighted by Gasteiger charge is -2.36. The van der Waals surface area contributed by atoms with E-state index < -0.39 is 10.0 Å². The first-order valence-corrected chi connectivity index (χ1v) is 7.91. The highest BCUT2D eigenvalue weighted by Crippen LogP contribution is 2.25. The molecule has 1 atom stereocenters. The van der Waals surface area contributed by atoms with E-state index in [1.165, 1.54) is 10.4 Å². The Labute approximate surface area is 111 Å². The minimum Gasteiger partial charge on any atom is -0.301 e. The standard InChI is InChI=1S/C11H15N3O2S2/c1-9-8-14(6-5-13(9)2)18(15,16)11-4-3-10(7-12)17-11/h3-4,9H,5-6,8H2,1-2H3. The fourth-order valence-corrected chi connectivity index (χ4v) is 4.65. The first-order valence-electron chi connectivity index (χ1n) is 5.65. The maximum Gasteiger partial charge on any atom is 0.252 e. The molecule has 98 valence electrons. The third-order valence-electron chi connectivity index (χ3n) is 3.21. The molecule has 0 N–H and O–H groups in total. The zero-order chi connectivity index (χ0) is 13.3. The average Bonchev–Trinajstić information content (AvgIpc) is 2.81. The van der Waals surface area contributed by atoms with E-state index in [-0.39, 0.29) is 10.3 Å². The number of piperazine rings is 1. The van der Waals surface area contributed by atoms with E-state index in [9.17, 15) is 8.42 Å². The third kappa shape index (κ3) is 2.42. The molecule has 0 aromatic carbocycles. The zero-order valence-electron chi connectivity index (χ0n) is 10.3. The fourth-order valence-electron chi connectivity index (χ4n) is 1.88. The Kier molecular flexibility index (Phi) is 3.73. The van der Waals surface area contributed by atoms with Gasteiger partial charge in [-0.3, -0.25) is 0 Å². The van der Waals surface area contributed by atoms with Crippen molar-refractivity contribution in [1.29, 1.82) is 5.26 Å². The molecule has 1 saturated heterocycles. The summed E-state index contributed by atoms with van der Waals surface area (Å²) in [5.41, 5.74) is 0. The van der Waals surface area contributed by atoms with Crippen LogP contribution in [-0.4, -0.2) is 50.3 Å². The lowest BCUT2D eigenvalue weighted by molar-refractivity contribution is 0.160. The Hall–Kier alpha value is -0.940. The van der Waals surface area contributed by atoms with Gasteiger partial charge in [-0.25, -0.2) is 8.42 Å². The van der Waals surface area contributed by atoms with Crippen LogP contribution in [0.25, 0.3) is 0 Å². The van der Waals surface area contributed by atoms with Gasteiger partial charge in [0.2, 0.25) is 0 Å². The lowest BCUT2D eigenvalue weighted by atomic mass is 10.2. The molecule has 1 aliphatic heterocycles. The van der Waals surface area contributed by atoms with Gasteiger partial charge >= 0.3 is 0 Å². The van der Waals surface area contributed by atoms with Crippen LogP contribution in [0.2, 0.25) is 0 Å². The van der Waals surface area contributed by atoms with Crippen LogP contribution in [0.5, 0.6) is 0 Å². The van der Waals surface area contributed by atoms with Crippen molar-refractivity contribution in [3.8, 4) is 6.07 Å². The molecule has 18 heavy (non-hydrogen) atoms. The normalized spacial score (nSPS) is 22.8. The van der Waals surface area contributed by atoms with Gasteiger partial charge in [0.1, 0.15) is 15.2 Å². The fraction of sp³-hybridized carbons (Fsp3) is 0.545. The van der Waals surface area contributed by atoms with Crippen LogP contribution in [-0.2, 0) is 10.0 Å². The molecule has 5 nitrogen and oxygen atoms in total. The quantitative estimate of drug-likeness (QED) is 0.811. The zero-order valence-corrected chi connectivity index (χ0v) is 12.0. The van der Waals surface area contributed by atoms with Crippen molar-refractivity contribution in [2.24, 2.45) is 0 Å². The van der Waals surface area contributed by atoms with Crippen molar-refractivity contribution in [2.75, 3.05) is 26.7 Å². The van der Waals surface area contributed by atoms with Gasteiger partial charge in [0.25, 0.3) is 10.0 Å². The van der Waals surface area contributed by atoms with Gasteiger partial charge in [-0.05, 0) is 26.1 Å². The number of hydrogen-bond acceptors (Lipinski definition) is 5.